The summed E-state index contributed by atoms with van der Waals surface area (Å²) in [6.07, 6.45) is -4.33. The van der Waals surface area contributed by atoms with Gasteiger partial charge in [0.25, 0.3) is 0 Å². The minimum atomic E-state index is -4.33. The highest BCUT2D eigenvalue weighted by molar-refractivity contribution is 9.10. The molecule has 1 N–H and O–H groups in total. The lowest BCUT2D eigenvalue weighted by Gasteiger charge is -2.21. The summed E-state index contributed by atoms with van der Waals surface area (Å²) in [5.41, 5.74) is 0.135. The third kappa shape index (κ3) is 2.89. The van der Waals surface area contributed by atoms with Crippen LogP contribution in [-0.2, 0) is 0 Å². The molecule has 90 valence electrons. The standard InChI is InChI=1S/C10H11BrF3NO/c1-15-9(10(12,13)14)7-4-3-6(16-2)5-8(7)11/h3-5,9,15H,1-2H3. The summed E-state index contributed by atoms with van der Waals surface area (Å²) >= 11 is 3.10. The molecule has 0 aromatic heterocycles. The first-order chi connectivity index (χ1) is 7.40. The molecule has 0 heterocycles. The van der Waals surface area contributed by atoms with E-state index in [-0.39, 0.29) is 5.56 Å². The van der Waals surface area contributed by atoms with Crippen molar-refractivity contribution in [3.05, 3.63) is 28.2 Å². The molecule has 16 heavy (non-hydrogen) atoms. The fourth-order valence-electron chi connectivity index (χ4n) is 1.36. The molecule has 1 aromatic rings. The minimum Gasteiger partial charge on any atom is -0.497 e. The second kappa shape index (κ2) is 5.05. The summed E-state index contributed by atoms with van der Waals surface area (Å²) in [7, 11) is 2.73. The molecular formula is C10H11BrF3NO. The summed E-state index contributed by atoms with van der Waals surface area (Å²) in [4.78, 5) is 0. The zero-order chi connectivity index (χ0) is 12.3. The first-order valence-electron chi connectivity index (χ1n) is 4.47. The highest BCUT2D eigenvalue weighted by Crippen LogP contribution is 2.37. The van der Waals surface area contributed by atoms with Gasteiger partial charge in [0, 0.05) is 4.47 Å². The predicted octanol–water partition coefficient (Wildman–Crippen LogP) is 3.28. The van der Waals surface area contributed by atoms with E-state index >= 15 is 0 Å². The number of nitrogens with one attached hydrogen (secondary N) is 1. The van der Waals surface area contributed by atoms with Gasteiger partial charge in [0.15, 0.2) is 0 Å². The highest BCUT2D eigenvalue weighted by Gasteiger charge is 2.40. The van der Waals surface area contributed by atoms with Gasteiger partial charge in [-0.05, 0) is 24.7 Å². The van der Waals surface area contributed by atoms with Crippen LogP contribution in [0.5, 0.6) is 5.75 Å². The number of hydrogen-bond donors (Lipinski definition) is 1. The van der Waals surface area contributed by atoms with E-state index < -0.39 is 12.2 Å². The van der Waals surface area contributed by atoms with Crippen molar-refractivity contribution in [3.8, 4) is 5.75 Å². The maximum Gasteiger partial charge on any atom is 0.407 e. The van der Waals surface area contributed by atoms with Gasteiger partial charge in [-0.15, -0.1) is 0 Å². The van der Waals surface area contributed by atoms with Gasteiger partial charge < -0.3 is 10.1 Å². The normalized spacial score (nSPS) is 13.6. The SMILES string of the molecule is CNC(c1ccc(OC)cc1Br)C(F)(F)F. The van der Waals surface area contributed by atoms with Gasteiger partial charge in [0.1, 0.15) is 11.8 Å². The molecule has 0 aliphatic carbocycles. The fraction of sp³-hybridized carbons (Fsp3) is 0.400. The number of halogens is 4. The summed E-state index contributed by atoms with van der Waals surface area (Å²) < 4.78 is 43.2. The van der Waals surface area contributed by atoms with Crippen LogP contribution in [0.25, 0.3) is 0 Å². The van der Waals surface area contributed by atoms with Crippen LogP contribution in [0.2, 0.25) is 0 Å². The number of alkyl halides is 3. The van der Waals surface area contributed by atoms with E-state index in [0.717, 1.165) is 0 Å². The molecule has 1 aromatic carbocycles. The molecule has 0 spiro atoms. The number of methoxy groups -OCH3 is 1. The van der Waals surface area contributed by atoms with E-state index in [1.54, 1.807) is 0 Å². The molecule has 0 saturated heterocycles. The van der Waals surface area contributed by atoms with Crippen LogP contribution in [0.4, 0.5) is 13.2 Å². The first-order valence-corrected chi connectivity index (χ1v) is 5.27. The Balaban J connectivity index is 3.12. The minimum absolute atomic E-state index is 0.135. The van der Waals surface area contributed by atoms with Crippen molar-refractivity contribution in [2.24, 2.45) is 0 Å². The quantitative estimate of drug-likeness (QED) is 0.924. The molecule has 0 saturated carbocycles. The lowest BCUT2D eigenvalue weighted by molar-refractivity contribution is -0.156. The van der Waals surface area contributed by atoms with Gasteiger partial charge in [-0.3, -0.25) is 0 Å². The Morgan fingerprint density at radius 3 is 2.38 bits per heavy atom. The van der Waals surface area contributed by atoms with Gasteiger partial charge in [-0.25, -0.2) is 0 Å². The van der Waals surface area contributed by atoms with Crippen LogP contribution in [-0.4, -0.2) is 20.3 Å². The van der Waals surface area contributed by atoms with Gasteiger partial charge in [-0.1, -0.05) is 22.0 Å². The second-order valence-electron chi connectivity index (χ2n) is 3.15. The topological polar surface area (TPSA) is 21.3 Å². The molecule has 0 radical (unpaired) electrons. The third-order valence-electron chi connectivity index (χ3n) is 2.13. The Morgan fingerprint density at radius 1 is 1.38 bits per heavy atom. The van der Waals surface area contributed by atoms with E-state index in [0.29, 0.717) is 10.2 Å². The van der Waals surface area contributed by atoms with Crippen molar-refractivity contribution >= 4 is 15.9 Å². The van der Waals surface area contributed by atoms with Crippen LogP contribution in [0, 0.1) is 0 Å². The van der Waals surface area contributed by atoms with E-state index in [9.17, 15) is 13.2 Å². The Labute approximate surface area is 99.9 Å². The maximum absolute atomic E-state index is 12.7. The fourth-order valence-corrected chi connectivity index (χ4v) is 1.95. The number of benzene rings is 1. The lowest BCUT2D eigenvalue weighted by atomic mass is 10.1. The Kier molecular flexibility index (Phi) is 4.21. The van der Waals surface area contributed by atoms with Crippen LogP contribution in [0.3, 0.4) is 0 Å². The summed E-state index contributed by atoms with van der Waals surface area (Å²) in [5.74, 6) is 0.507. The lowest BCUT2D eigenvalue weighted by Crippen LogP contribution is -2.31. The molecule has 0 aliphatic rings. The average Bonchev–Trinajstić information content (AvgIpc) is 2.19. The molecule has 1 unspecified atom stereocenters. The van der Waals surface area contributed by atoms with Gasteiger partial charge in [-0.2, -0.15) is 13.2 Å². The maximum atomic E-state index is 12.7. The van der Waals surface area contributed by atoms with Gasteiger partial charge >= 0.3 is 6.18 Å². The van der Waals surface area contributed by atoms with Crippen molar-refractivity contribution in [3.63, 3.8) is 0 Å². The number of ether oxygens (including phenoxy) is 1. The van der Waals surface area contributed by atoms with Crippen molar-refractivity contribution in [2.45, 2.75) is 12.2 Å². The van der Waals surface area contributed by atoms with Crippen molar-refractivity contribution < 1.29 is 17.9 Å². The van der Waals surface area contributed by atoms with Crippen LogP contribution in [0.1, 0.15) is 11.6 Å². The Morgan fingerprint density at radius 2 is 2.00 bits per heavy atom. The number of hydrogen-bond acceptors (Lipinski definition) is 2. The summed E-state index contributed by atoms with van der Waals surface area (Å²) in [6.45, 7) is 0. The third-order valence-corrected chi connectivity index (χ3v) is 2.82. The van der Waals surface area contributed by atoms with Crippen LogP contribution >= 0.6 is 15.9 Å². The molecular weight excluding hydrogens is 287 g/mol. The molecule has 6 heteroatoms. The van der Waals surface area contributed by atoms with E-state index in [1.165, 1.54) is 32.4 Å². The highest BCUT2D eigenvalue weighted by atomic mass is 79.9. The van der Waals surface area contributed by atoms with Gasteiger partial charge in [0.2, 0.25) is 0 Å². The molecule has 0 aliphatic heterocycles. The molecule has 1 rings (SSSR count). The van der Waals surface area contributed by atoms with Crippen molar-refractivity contribution in [1.29, 1.82) is 0 Å². The van der Waals surface area contributed by atoms with Gasteiger partial charge in [0.05, 0.1) is 7.11 Å². The second-order valence-corrected chi connectivity index (χ2v) is 4.01. The first kappa shape index (κ1) is 13.3. The van der Waals surface area contributed by atoms with Crippen molar-refractivity contribution in [2.75, 3.05) is 14.2 Å². The van der Waals surface area contributed by atoms with Crippen molar-refractivity contribution in [1.82, 2.24) is 5.32 Å². The molecule has 0 bridgehead atoms. The Hall–Kier alpha value is -0.750. The van der Waals surface area contributed by atoms with E-state index in [1.807, 2.05) is 0 Å². The summed E-state index contributed by atoms with van der Waals surface area (Å²) in [6, 6.07) is 2.70. The predicted molar refractivity (Wildman–Crippen MR) is 58.5 cm³/mol. The Bertz CT molecular complexity index is 368. The largest absolute Gasteiger partial charge is 0.497 e. The molecule has 0 amide bonds. The van der Waals surface area contributed by atoms with Crippen LogP contribution in [0.15, 0.2) is 22.7 Å². The number of rotatable bonds is 3. The summed E-state index contributed by atoms with van der Waals surface area (Å²) in [5, 5.41) is 2.24. The zero-order valence-corrected chi connectivity index (χ0v) is 10.3. The molecule has 0 fully saturated rings. The smallest absolute Gasteiger partial charge is 0.407 e. The molecule has 1 atom stereocenters. The van der Waals surface area contributed by atoms with E-state index in [4.69, 9.17) is 4.74 Å². The van der Waals surface area contributed by atoms with E-state index in [2.05, 4.69) is 21.2 Å². The monoisotopic (exact) mass is 297 g/mol. The molecule has 2 nitrogen and oxygen atoms in total. The average molecular weight is 298 g/mol. The van der Waals surface area contributed by atoms with Crippen LogP contribution < -0.4 is 10.1 Å². The zero-order valence-electron chi connectivity index (χ0n) is 8.73.